The van der Waals surface area contributed by atoms with Gasteiger partial charge in [-0.3, -0.25) is 9.59 Å². The molecule has 1 saturated carbocycles. The molecule has 3 aromatic rings. The fraction of sp³-hybridized carbons (Fsp3) is 0.286. The molecule has 6 heteroatoms. The summed E-state index contributed by atoms with van der Waals surface area (Å²) in [4.78, 5) is 31.2. The summed E-state index contributed by atoms with van der Waals surface area (Å²) in [6.07, 6.45) is 2.47. The first kappa shape index (κ1) is 23.9. The third-order valence-electron chi connectivity index (χ3n) is 6.26. The maximum Gasteiger partial charge on any atom is 0.242 e. The summed E-state index contributed by atoms with van der Waals surface area (Å²) >= 11 is 1.61. The number of aryl methyl sites for hydroxylation is 1. The van der Waals surface area contributed by atoms with Crippen LogP contribution in [-0.2, 0) is 22.7 Å². The molecule has 2 atom stereocenters. The van der Waals surface area contributed by atoms with E-state index in [2.05, 4.69) is 18.7 Å². The van der Waals surface area contributed by atoms with Crippen LogP contribution in [0, 0.1) is 18.7 Å². The lowest BCUT2D eigenvalue weighted by Gasteiger charge is -2.27. The molecule has 0 saturated heterocycles. The Morgan fingerprint density at radius 1 is 1.06 bits per heavy atom. The van der Waals surface area contributed by atoms with Gasteiger partial charge in [0, 0.05) is 23.9 Å². The van der Waals surface area contributed by atoms with Crippen LogP contribution < -0.4 is 0 Å². The molecule has 1 aromatic heterocycles. The molecule has 0 N–H and O–H groups in total. The Balaban J connectivity index is 1.48. The molecule has 0 aliphatic heterocycles. The van der Waals surface area contributed by atoms with Crippen molar-refractivity contribution >= 4 is 23.2 Å². The molecule has 1 aliphatic rings. The second-order valence-electron chi connectivity index (χ2n) is 8.77. The minimum absolute atomic E-state index is 0.00357. The van der Waals surface area contributed by atoms with Crippen LogP contribution in [0.15, 0.2) is 78.7 Å². The van der Waals surface area contributed by atoms with Crippen LogP contribution in [0.2, 0.25) is 0 Å². The lowest BCUT2D eigenvalue weighted by Crippen LogP contribution is -2.43. The first-order chi connectivity index (χ1) is 16.5. The van der Waals surface area contributed by atoms with Crippen LogP contribution in [0.3, 0.4) is 0 Å². The molecule has 1 aliphatic carbocycles. The molecular weight excluding hydrogens is 447 g/mol. The average Bonchev–Trinajstić information content (AvgIpc) is 3.55. The van der Waals surface area contributed by atoms with Crippen molar-refractivity contribution in [3.8, 4) is 0 Å². The Morgan fingerprint density at radius 3 is 2.44 bits per heavy atom. The Morgan fingerprint density at radius 2 is 1.79 bits per heavy atom. The highest BCUT2D eigenvalue weighted by molar-refractivity contribution is 7.10. The molecule has 34 heavy (non-hydrogen) atoms. The normalized spacial score (nSPS) is 16.6. The van der Waals surface area contributed by atoms with E-state index in [1.807, 2.05) is 36.6 Å². The van der Waals surface area contributed by atoms with Gasteiger partial charge in [0.25, 0.3) is 0 Å². The maximum absolute atomic E-state index is 13.5. The molecule has 4 rings (SSSR count). The highest BCUT2D eigenvalue weighted by Gasteiger charge is 2.45. The van der Waals surface area contributed by atoms with Crippen molar-refractivity contribution in [2.75, 3.05) is 13.1 Å². The van der Waals surface area contributed by atoms with E-state index >= 15 is 0 Å². The number of hydrogen-bond acceptors (Lipinski definition) is 3. The van der Waals surface area contributed by atoms with Gasteiger partial charge in [-0.15, -0.1) is 17.9 Å². The van der Waals surface area contributed by atoms with Crippen LogP contribution in [0.25, 0.3) is 0 Å². The second-order valence-corrected chi connectivity index (χ2v) is 9.77. The molecule has 0 bridgehead atoms. The highest BCUT2D eigenvalue weighted by Crippen LogP contribution is 2.48. The number of rotatable bonds is 10. The summed E-state index contributed by atoms with van der Waals surface area (Å²) in [5.41, 5.74) is 3.14. The summed E-state index contributed by atoms with van der Waals surface area (Å²) in [5, 5.41) is 2.01. The second kappa shape index (κ2) is 10.8. The summed E-state index contributed by atoms with van der Waals surface area (Å²) in [7, 11) is 0. The van der Waals surface area contributed by atoms with Gasteiger partial charge in [0.05, 0.1) is 6.54 Å². The molecule has 4 nitrogen and oxygen atoms in total. The van der Waals surface area contributed by atoms with E-state index in [1.165, 1.54) is 12.1 Å². The average molecular weight is 477 g/mol. The van der Waals surface area contributed by atoms with Crippen LogP contribution in [-0.4, -0.2) is 34.7 Å². The van der Waals surface area contributed by atoms with Crippen LogP contribution >= 0.6 is 11.3 Å². The number of carbonyl (C=O) groups excluding carboxylic acids is 2. The highest BCUT2D eigenvalue weighted by atomic mass is 32.1. The van der Waals surface area contributed by atoms with Gasteiger partial charge in [-0.25, -0.2) is 4.39 Å². The topological polar surface area (TPSA) is 40.6 Å². The van der Waals surface area contributed by atoms with E-state index in [-0.39, 0.29) is 36.0 Å². The molecule has 2 unspecified atom stereocenters. The van der Waals surface area contributed by atoms with Gasteiger partial charge in [0.1, 0.15) is 12.4 Å². The van der Waals surface area contributed by atoms with Gasteiger partial charge in [-0.2, -0.15) is 0 Å². The molecule has 2 amide bonds. The van der Waals surface area contributed by atoms with E-state index in [0.717, 1.165) is 28.0 Å². The number of carbonyl (C=O) groups is 2. The lowest BCUT2D eigenvalue weighted by molar-refractivity contribution is -0.141. The van der Waals surface area contributed by atoms with Crippen molar-refractivity contribution in [3.63, 3.8) is 0 Å². The maximum atomic E-state index is 13.5. The van der Waals surface area contributed by atoms with E-state index in [4.69, 9.17) is 0 Å². The van der Waals surface area contributed by atoms with Crippen molar-refractivity contribution in [2.45, 2.75) is 32.4 Å². The fourth-order valence-electron chi connectivity index (χ4n) is 4.20. The molecule has 0 radical (unpaired) electrons. The molecule has 1 heterocycles. The van der Waals surface area contributed by atoms with E-state index in [1.54, 1.807) is 39.3 Å². The Labute approximate surface area is 204 Å². The van der Waals surface area contributed by atoms with Gasteiger partial charge < -0.3 is 9.80 Å². The molecule has 2 aromatic carbocycles. The van der Waals surface area contributed by atoms with Crippen LogP contribution in [0.4, 0.5) is 4.39 Å². The van der Waals surface area contributed by atoms with Gasteiger partial charge in [0.2, 0.25) is 11.8 Å². The number of hydrogen-bond donors (Lipinski definition) is 0. The van der Waals surface area contributed by atoms with Crippen molar-refractivity contribution in [1.29, 1.82) is 0 Å². The molecule has 0 spiro atoms. The van der Waals surface area contributed by atoms with Crippen molar-refractivity contribution in [3.05, 3.63) is 106 Å². The zero-order valence-electron chi connectivity index (χ0n) is 19.3. The standard InChI is InChI=1S/C28H29FN2O2S/c1-3-14-30(28(33)25-16-24(25)22-7-5-4-6-8-22)19-27(32)31(18-26-20(2)13-15-34-26)17-21-9-11-23(29)12-10-21/h3-13,15,24-25H,1,14,16-19H2,2H3. The number of nitrogens with zero attached hydrogens (tertiary/aromatic N) is 2. The Bertz CT molecular complexity index is 1140. The summed E-state index contributed by atoms with van der Waals surface area (Å²) in [6, 6.07) is 18.3. The Hall–Kier alpha value is -3.25. The Kier molecular flexibility index (Phi) is 7.58. The smallest absolute Gasteiger partial charge is 0.242 e. The lowest BCUT2D eigenvalue weighted by atomic mass is 10.1. The van der Waals surface area contributed by atoms with Gasteiger partial charge in [-0.05, 0) is 59.5 Å². The minimum atomic E-state index is -0.309. The van der Waals surface area contributed by atoms with Crippen LogP contribution in [0.5, 0.6) is 0 Å². The third-order valence-corrected chi connectivity index (χ3v) is 7.27. The van der Waals surface area contributed by atoms with Gasteiger partial charge in [-0.1, -0.05) is 48.5 Å². The third kappa shape index (κ3) is 5.81. The van der Waals surface area contributed by atoms with E-state index in [9.17, 15) is 14.0 Å². The van der Waals surface area contributed by atoms with Crippen molar-refractivity contribution in [1.82, 2.24) is 9.80 Å². The summed E-state index contributed by atoms with van der Waals surface area (Å²) in [5.74, 6) is -0.336. The largest absolute Gasteiger partial charge is 0.332 e. The van der Waals surface area contributed by atoms with Crippen molar-refractivity contribution < 1.29 is 14.0 Å². The number of halogens is 1. The number of thiophene rings is 1. The van der Waals surface area contributed by atoms with Gasteiger partial charge >= 0.3 is 0 Å². The molecular formula is C28H29FN2O2S. The quantitative estimate of drug-likeness (QED) is 0.360. The zero-order chi connectivity index (χ0) is 24.1. The first-order valence-corrected chi connectivity index (χ1v) is 12.3. The predicted molar refractivity (Wildman–Crippen MR) is 134 cm³/mol. The summed E-state index contributed by atoms with van der Waals surface area (Å²) in [6.45, 7) is 6.93. The summed E-state index contributed by atoms with van der Waals surface area (Å²) < 4.78 is 13.4. The minimum Gasteiger partial charge on any atom is -0.332 e. The van der Waals surface area contributed by atoms with Crippen molar-refractivity contribution in [2.24, 2.45) is 5.92 Å². The van der Waals surface area contributed by atoms with Crippen LogP contribution in [0.1, 0.15) is 33.9 Å². The predicted octanol–water partition coefficient (Wildman–Crippen LogP) is 5.54. The number of amides is 2. The molecule has 1 fully saturated rings. The monoisotopic (exact) mass is 476 g/mol. The van der Waals surface area contributed by atoms with E-state index in [0.29, 0.717) is 19.6 Å². The van der Waals surface area contributed by atoms with E-state index < -0.39 is 0 Å². The zero-order valence-corrected chi connectivity index (χ0v) is 20.1. The van der Waals surface area contributed by atoms with Gasteiger partial charge in [0.15, 0.2) is 0 Å². The number of benzene rings is 2. The first-order valence-electron chi connectivity index (χ1n) is 11.5. The SMILES string of the molecule is C=CCN(CC(=O)N(Cc1ccc(F)cc1)Cc1sccc1C)C(=O)C1CC1c1ccccc1. The fourth-order valence-corrected chi connectivity index (χ4v) is 5.13. The molecule has 176 valence electrons.